The Morgan fingerprint density at radius 2 is 1.77 bits per heavy atom. The van der Waals surface area contributed by atoms with E-state index in [-0.39, 0.29) is 22.5 Å². The highest BCUT2D eigenvalue weighted by molar-refractivity contribution is 7.90. The standard InChI is InChI=1S/C26H24N4O4S/c31-24-10-3-4-15-30(24)21-7-5-6-18(16-21)17-27-26(32)19-11-13-20(14-12-19)28-25-22-8-1-2-9-23(22)35(33,34)29-25/h1-2,5-9,11-14,16H,3-4,10,15,17H2,(H,27,32)(H,28,29). The minimum absolute atomic E-state index is 0.135. The highest BCUT2D eigenvalue weighted by Crippen LogP contribution is 2.27. The molecule has 3 aromatic carbocycles. The van der Waals surface area contributed by atoms with Crippen molar-refractivity contribution >= 4 is 39.0 Å². The molecule has 3 aromatic rings. The molecule has 0 spiro atoms. The lowest BCUT2D eigenvalue weighted by molar-refractivity contribution is -0.119. The first-order valence-electron chi connectivity index (χ1n) is 11.4. The fraction of sp³-hybridized carbons (Fsp3) is 0.192. The van der Waals surface area contributed by atoms with Crippen molar-refractivity contribution in [3.05, 3.63) is 89.5 Å². The Labute approximate surface area is 203 Å². The summed E-state index contributed by atoms with van der Waals surface area (Å²) in [6, 6.07) is 21.0. The maximum Gasteiger partial charge on any atom is 0.285 e. The molecular formula is C26H24N4O4S. The van der Waals surface area contributed by atoms with Gasteiger partial charge in [-0.25, -0.2) is 0 Å². The maximum absolute atomic E-state index is 12.7. The minimum Gasteiger partial charge on any atom is -0.348 e. The van der Waals surface area contributed by atoms with Crippen molar-refractivity contribution in [3.63, 3.8) is 0 Å². The summed E-state index contributed by atoms with van der Waals surface area (Å²) in [4.78, 5) is 26.8. The molecule has 2 heterocycles. The Kier molecular flexibility index (Phi) is 6.08. The summed E-state index contributed by atoms with van der Waals surface area (Å²) in [7, 11) is -3.70. The van der Waals surface area contributed by atoms with Crippen LogP contribution >= 0.6 is 0 Å². The minimum atomic E-state index is -3.70. The Hall–Kier alpha value is -3.98. The van der Waals surface area contributed by atoms with E-state index in [4.69, 9.17) is 0 Å². The third-order valence-corrected chi connectivity index (χ3v) is 7.37. The summed E-state index contributed by atoms with van der Waals surface area (Å²) in [5, 5.41) is 5.93. The van der Waals surface area contributed by atoms with E-state index in [2.05, 4.69) is 15.0 Å². The maximum atomic E-state index is 12.7. The lowest BCUT2D eigenvalue weighted by atomic mass is 10.1. The number of nitrogens with one attached hydrogen (secondary N) is 2. The van der Waals surface area contributed by atoms with Crippen molar-refractivity contribution in [1.82, 2.24) is 5.32 Å². The van der Waals surface area contributed by atoms with Crippen molar-refractivity contribution in [2.75, 3.05) is 16.8 Å². The van der Waals surface area contributed by atoms with E-state index in [1.54, 1.807) is 47.4 Å². The zero-order valence-corrected chi connectivity index (χ0v) is 19.7. The van der Waals surface area contributed by atoms with Crippen LogP contribution in [0.5, 0.6) is 0 Å². The molecule has 2 amide bonds. The normalized spacial score (nSPS) is 16.4. The van der Waals surface area contributed by atoms with Crippen molar-refractivity contribution < 1.29 is 18.0 Å². The van der Waals surface area contributed by atoms with Gasteiger partial charge >= 0.3 is 0 Å². The number of nitrogens with zero attached hydrogens (tertiary/aromatic N) is 2. The third kappa shape index (κ3) is 4.81. The molecule has 1 saturated heterocycles. The Bertz CT molecular complexity index is 1430. The van der Waals surface area contributed by atoms with Gasteiger partial charge in [0.25, 0.3) is 15.9 Å². The number of piperidine rings is 1. The van der Waals surface area contributed by atoms with E-state index in [0.29, 0.717) is 29.8 Å². The molecule has 0 aromatic heterocycles. The smallest absolute Gasteiger partial charge is 0.285 e. The predicted molar refractivity (Wildman–Crippen MR) is 134 cm³/mol. The summed E-state index contributed by atoms with van der Waals surface area (Å²) in [5.74, 6) is 0.155. The lowest BCUT2D eigenvalue weighted by Gasteiger charge is -2.27. The van der Waals surface area contributed by atoms with Gasteiger partial charge in [-0.3, -0.25) is 9.59 Å². The van der Waals surface area contributed by atoms with Crippen molar-refractivity contribution in [1.29, 1.82) is 0 Å². The first-order valence-corrected chi connectivity index (χ1v) is 12.8. The van der Waals surface area contributed by atoms with Gasteiger partial charge in [0.1, 0.15) is 4.90 Å². The van der Waals surface area contributed by atoms with Crippen molar-refractivity contribution in [3.8, 4) is 0 Å². The van der Waals surface area contributed by atoms with Gasteiger partial charge in [0.05, 0.1) is 0 Å². The van der Waals surface area contributed by atoms with Gasteiger partial charge < -0.3 is 15.5 Å². The molecule has 0 saturated carbocycles. The fourth-order valence-electron chi connectivity index (χ4n) is 4.24. The molecule has 1 fully saturated rings. The second-order valence-corrected chi connectivity index (χ2v) is 10.0. The van der Waals surface area contributed by atoms with Gasteiger partial charge in [0, 0.05) is 42.0 Å². The number of amidine groups is 1. The number of hydrogen-bond acceptors (Lipinski definition) is 5. The Morgan fingerprint density at radius 3 is 2.57 bits per heavy atom. The zero-order chi connectivity index (χ0) is 24.4. The third-order valence-electron chi connectivity index (χ3n) is 6.04. The van der Waals surface area contributed by atoms with Crippen LogP contribution in [0, 0.1) is 0 Å². The quantitative estimate of drug-likeness (QED) is 0.570. The molecule has 8 nitrogen and oxygen atoms in total. The number of benzene rings is 3. The van der Waals surface area contributed by atoms with Gasteiger partial charge in [-0.05, 0) is 66.9 Å². The predicted octanol–water partition coefficient (Wildman–Crippen LogP) is 3.69. The average molecular weight is 489 g/mol. The van der Waals surface area contributed by atoms with Crippen LogP contribution in [0.15, 0.2) is 82.1 Å². The van der Waals surface area contributed by atoms with E-state index < -0.39 is 10.0 Å². The molecule has 35 heavy (non-hydrogen) atoms. The molecule has 0 aliphatic carbocycles. The number of fused-ring (bicyclic) bond motifs is 1. The fourth-order valence-corrected chi connectivity index (χ4v) is 5.41. The number of amides is 2. The van der Waals surface area contributed by atoms with Crippen LogP contribution in [0.4, 0.5) is 11.4 Å². The summed E-state index contributed by atoms with van der Waals surface area (Å²) < 4.78 is 28.3. The molecule has 2 N–H and O–H groups in total. The lowest BCUT2D eigenvalue weighted by Crippen LogP contribution is -2.35. The van der Waals surface area contributed by atoms with Crippen molar-refractivity contribution in [2.45, 2.75) is 30.7 Å². The topological polar surface area (TPSA) is 108 Å². The van der Waals surface area contributed by atoms with E-state index in [0.717, 1.165) is 30.6 Å². The zero-order valence-electron chi connectivity index (χ0n) is 18.9. The molecular weight excluding hydrogens is 464 g/mol. The molecule has 0 radical (unpaired) electrons. The number of carbonyl (C=O) groups is 2. The second kappa shape index (κ2) is 9.34. The van der Waals surface area contributed by atoms with E-state index >= 15 is 0 Å². The molecule has 5 rings (SSSR count). The van der Waals surface area contributed by atoms with Gasteiger partial charge in [-0.1, -0.05) is 24.3 Å². The highest BCUT2D eigenvalue weighted by atomic mass is 32.2. The van der Waals surface area contributed by atoms with Crippen LogP contribution in [-0.4, -0.2) is 32.6 Å². The SMILES string of the molecule is O=C(NCc1cccc(N2CCCCC2=O)c1)c1ccc(NC2=NS(=O)(=O)c3ccccc32)cc1. The molecule has 0 atom stereocenters. The van der Waals surface area contributed by atoms with Crippen LogP contribution < -0.4 is 15.5 Å². The first-order chi connectivity index (χ1) is 16.9. The molecule has 2 aliphatic rings. The van der Waals surface area contributed by atoms with Crippen LogP contribution in [-0.2, 0) is 21.4 Å². The average Bonchev–Trinajstić information content (AvgIpc) is 3.13. The van der Waals surface area contributed by atoms with Gasteiger partial charge in [-0.15, -0.1) is 4.40 Å². The first kappa shape index (κ1) is 22.8. The van der Waals surface area contributed by atoms with Gasteiger partial charge in [0.2, 0.25) is 5.91 Å². The van der Waals surface area contributed by atoms with Crippen LogP contribution in [0.25, 0.3) is 0 Å². The number of carbonyl (C=O) groups excluding carboxylic acids is 2. The molecule has 178 valence electrons. The second-order valence-electron chi connectivity index (χ2n) is 8.47. The summed E-state index contributed by atoms with van der Waals surface area (Å²) >= 11 is 0. The largest absolute Gasteiger partial charge is 0.348 e. The summed E-state index contributed by atoms with van der Waals surface area (Å²) in [6.45, 7) is 1.05. The molecule has 9 heteroatoms. The van der Waals surface area contributed by atoms with Crippen LogP contribution in [0.3, 0.4) is 0 Å². The monoisotopic (exact) mass is 488 g/mol. The number of anilines is 2. The van der Waals surface area contributed by atoms with E-state index in [9.17, 15) is 18.0 Å². The molecule has 0 bridgehead atoms. The number of sulfonamides is 1. The van der Waals surface area contributed by atoms with Crippen LogP contribution in [0.2, 0.25) is 0 Å². The summed E-state index contributed by atoms with van der Waals surface area (Å²) in [6.07, 6.45) is 2.49. The van der Waals surface area contributed by atoms with E-state index in [1.807, 2.05) is 24.3 Å². The number of rotatable bonds is 5. The number of hydrogen-bond donors (Lipinski definition) is 2. The van der Waals surface area contributed by atoms with Gasteiger partial charge in [0.15, 0.2) is 5.84 Å². The van der Waals surface area contributed by atoms with Crippen LogP contribution in [0.1, 0.15) is 40.7 Å². The molecule has 2 aliphatic heterocycles. The summed E-state index contributed by atoms with van der Waals surface area (Å²) in [5.41, 5.74) is 3.37. The Balaban J connectivity index is 1.22. The van der Waals surface area contributed by atoms with Gasteiger partial charge in [-0.2, -0.15) is 8.42 Å². The van der Waals surface area contributed by atoms with Crippen molar-refractivity contribution in [2.24, 2.45) is 4.40 Å². The van der Waals surface area contributed by atoms with E-state index in [1.165, 1.54) is 6.07 Å². The Morgan fingerprint density at radius 1 is 0.971 bits per heavy atom. The molecule has 0 unspecified atom stereocenters. The highest BCUT2D eigenvalue weighted by Gasteiger charge is 2.28.